The summed E-state index contributed by atoms with van der Waals surface area (Å²) >= 11 is 0. The molecule has 1 heterocycles. The highest BCUT2D eigenvalue weighted by atomic mass is 16.2. The van der Waals surface area contributed by atoms with Crippen LogP contribution in [0.25, 0.3) is 0 Å². The van der Waals surface area contributed by atoms with Crippen molar-refractivity contribution in [2.75, 3.05) is 0 Å². The average molecular weight is 222 g/mol. The van der Waals surface area contributed by atoms with E-state index >= 15 is 0 Å². The van der Waals surface area contributed by atoms with Crippen LogP contribution in [0.3, 0.4) is 0 Å². The van der Waals surface area contributed by atoms with E-state index in [1.165, 1.54) is 0 Å². The molecule has 0 saturated heterocycles. The SMILES string of the molecule is CC(C)[C@@H](Cn1nccn1)NC(=O)C1CC1. The Kier molecular flexibility index (Phi) is 3.22. The summed E-state index contributed by atoms with van der Waals surface area (Å²) in [6.07, 6.45) is 5.38. The Morgan fingerprint density at radius 3 is 2.56 bits per heavy atom. The molecule has 1 atom stereocenters. The van der Waals surface area contributed by atoms with Gasteiger partial charge < -0.3 is 5.32 Å². The van der Waals surface area contributed by atoms with Gasteiger partial charge in [-0.1, -0.05) is 13.8 Å². The van der Waals surface area contributed by atoms with Gasteiger partial charge in [-0.2, -0.15) is 15.0 Å². The van der Waals surface area contributed by atoms with Gasteiger partial charge in [-0.3, -0.25) is 4.79 Å². The monoisotopic (exact) mass is 222 g/mol. The lowest BCUT2D eigenvalue weighted by atomic mass is 10.0. The number of carbonyl (C=O) groups is 1. The number of carbonyl (C=O) groups excluding carboxylic acids is 1. The quantitative estimate of drug-likeness (QED) is 0.802. The number of nitrogens with zero attached hydrogens (tertiary/aromatic N) is 3. The summed E-state index contributed by atoms with van der Waals surface area (Å²) in [5, 5.41) is 11.2. The van der Waals surface area contributed by atoms with Gasteiger partial charge in [-0.15, -0.1) is 0 Å². The minimum absolute atomic E-state index is 0.112. The predicted molar refractivity (Wildman–Crippen MR) is 59.5 cm³/mol. The van der Waals surface area contributed by atoms with Gasteiger partial charge in [0.15, 0.2) is 0 Å². The van der Waals surface area contributed by atoms with Crippen molar-refractivity contribution in [3.63, 3.8) is 0 Å². The van der Waals surface area contributed by atoms with E-state index in [2.05, 4.69) is 29.4 Å². The fourth-order valence-electron chi connectivity index (χ4n) is 1.58. The smallest absolute Gasteiger partial charge is 0.223 e. The standard InChI is InChI=1S/C11H18N4O/c1-8(2)10(7-15-12-5-6-13-15)14-11(16)9-3-4-9/h5-6,8-10H,3-4,7H2,1-2H3,(H,14,16)/t10-/m1/s1. The Morgan fingerprint density at radius 2 is 2.06 bits per heavy atom. The van der Waals surface area contributed by atoms with Crippen molar-refractivity contribution in [1.82, 2.24) is 20.3 Å². The third-order valence-electron chi connectivity index (χ3n) is 2.91. The molecule has 1 aliphatic carbocycles. The van der Waals surface area contributed by atoms with E-state index in [-0.39, 0.29) is 17.9 Å². The lowest BCUT2D eigenvalue weighted by Gasteiger charge is -2.21. The molecule has 88 valence electrons. The molecular formula is C11H18N4O. The van der Waals surface area contributed by atoms with Crippen LogP contribution in [0.1, 0.15) is 26.7 Å². The number of hydrogen-bond donors (Lipinski definition) is 1. The highest BCUT2D eigenvalue weighted by Gasteiger charge is 2.31. The van der Waals surface area contributed by atoms with Gasteiger partial charge >= 0.3 is 0 Å². The molecule has 0 bridgehead atoms. The van der Waals surface area contributed by atoms with E-state index < -0.39 is 0 Å². The van der Waals surface area contributed by atoms with Gasteiger partial charge in [-0.05, 0) is 18.8 Å². The van der Waals surface area contributed by atoms with Gasteiger partial charge in [-0.25, -0.2) is 0 Å². The zero-order valence-corrected chi connectivity index (χ0v) is 9.76. The van der Waals surface area contributed by atoms with E-state index in [9.17, 15) is 4.79 Å². The minimum atomic E-state index is 0.112. The van der Waals surface area contributed by atoms with Gasteiger partial charge in [0.25, 0.3) is 0 Å². The third kappa shape index (κ3) is 2.81. The van der Waals surface area contributed by atoms with Crippen LogP contribution in [0.2, 0.25) is 0 Å². The largest absolute Gasteiger partial charge is 0.351 e. The molecule has 0 radical (unpaired) electrons. The first kappa shape index (κ1) is 11.1. The first-order valence-corrected chi connectivity index (χ1v) is 5.81. The van der Waals surface area contributed by atoms with Crippen LogP contribution in [0.5, 0.6) is 0 Å². The highest BCUT2D eigenvalue weighted by molar-refractivity contribution is 5.81. The summed E-state index contributed by atoms with van der Waals surface area (Å²) in [5.74, 6) is 0.825. The number of amides is 1. The van der Waals surface area contributed by atoms with Crippen LogP contribution in [0.15, 0.2) is 12.4 Å². The third-order valence-corrected chi connectivity index (χ3v) is 2.91. The molecule has 0 aromatic carbocycles. The highest BCUT2D eigenvalue weighted by Crippen LogP contribution is 2.29. The van der Waals surface area contributed by atoms with Crippen molar-refractivity contribution < 1.29 is 4.79 Å². The fourth-order valence-corrected chi connectivity index (χ4v) is 1.58. The van der Waals surface area contributed by atoms with Crippen LogP contribution >= 0.6 is 0 Å². The molecule has 1 fully saturated rings. The molecule has 1 aromatic heterocycles. The summed E-state index contributed by atoms with van der Waals surface area (Å²) in [6, 6.07) is 0.112. The molecule has 1 N–H and O–H groups in total. The number of hydrogen-bond acceptors (Lipinski definition) is 3. The van der Waals surface area contributed by atoms with Gasteiger partial charge in [0.1, 0.15) is 0 Å². The van der Waals surface area contributed by atoms with Crippen molar-refractivity contribution in [3.8, 4) is 0 Å². The molecule has 0 aliphatic heterocycles. The van der Waals surface area contributed by atoms with Crippen LogP contribution in [0.4, 0.5) is 0 Å². The van der Waals surface area contributed by atoms with Crippen molar-refractivity contribution in [2.24, 2.45) is 11.8 Å². The Balaban J connectivity index is 1.91. The van der Waals surface area contributed by atoms with Crippen molar-refractivity contribution in [2.45, 2.75) is 39.3 Å². The molecule has 1 aromatic rings. The van der Waals surface area contributed by atoms with Crippen LogP contribution in [-0.4, -0.2) is 26.9 Å². The summed E-state index contributed by atoms with van der Waals surface area (Å²) < 4.78 is 0. The zero-order chi connectivity index (χ0) is 11.5. The maximum absolute atomic E-state index is 11.7. The predicted octanol–water partition coefficient (Wildman–Crippen LogP) is 0.829. The Labute approximate surface area is 95.2 Å². The van der Waals surface area contributed by atoms with Crippen molar-refractivity contribution in [3.05, 3.63) is 12.4 Å². The minimum Gasteiger partial charge on any atom is -0.351 e. The fraction of sp³-hybridized carbons (Fsp3) is 0.727. The molecule has 0 unspecified atom stereocenters. The summed E-state index contributed by atoms with van der Waals surface area (Å²) in [6.45, 7) is 4.84. The first-order chi connectivity index (χ1) is 7.66. The summed E-state index contributed by atoms with van der Waals surface area (Å²) in [4.78, 5) is 13.3. The van der Waals surface area contributed by atoms with Crippen molar-refractivity contribution >= 4 is 5.91 Å². The molecule has 5 nitrogen and oxygen atoms in total. The Morgan fingerprint density at radius 1 is 1.44 bits per heavy atom. The Bertz CT molecular complexity index is 343. The molecular weight excluding hydrogens is 204 g/mol. The van der Waals surface area contributed by atoms with E-state index in [1.807, 2.05) is 0 Å². The normalized spacial score (nSPS) is 17.4. The molecule has 0 spiro atoms. The van der Waals surface area contributed by atoms with Crippen LogP contribution in [-0.2, 0) is 11.3 Å². The second kappa shape index (κ2) is 4.63. The second-order valence-corrected chi connectivity index (χ2v) is 4.72. The maximum Gasteiger partial charge on any atom is 0.223 e. The van der Waals surface area contributed by atoms with Gasteiger partial charge in [0, 0.05) is 5.92 Å². The molecule has 2 rings (SSSR count). The average Bonchev–Trinajstić information content (AvgIpc) is 2.97. The van der Waals surface area contributed by atoms with E-state index in [4.69, 9.17) is 0 Å². The molecule has 5 heteroatoms. The molecule has 1 aliphatic rings. The van der Waals surface area contributed by atoms with Gasteiger partial charge in [0.2, 0.25) is 5.91 Å². The van der Waals surface area contributed by atoms with E-state index in [1.54, 1.807) is 17.2 Å². The van der Waals surface area contributed by atoms with Crippen LogP contribution in [0, 0.1) is 11.8 Å². The van der Waals surface area contributed by atoms with E-state index in [0.717, 1.165) is 12.8 Å². The Hall–Kier alpha value is -1.39. The lowest BCUT2D eigenvalue weighted by molar-refractivity contribution is -0.123. The first-order valence-electron chi connectivity index (χ1n) is 5.81. The van der Waals surface area contributed by atoms with Crippen LogP contribution < -0.4 is 5.32 Å². The number of nitrogens with one attached hydrogen (secondary N) is 1. The molecule has 1 amide bonds. The second-order valence-electron chi connectivity index (χ2n) is 4.72. The summed E-state index contributed by atoms with van der Waals surface area (Å²) in [7, 11) is 0. The molecule has 16 heavy (non-hydrogen) atoms. The lowest BCUT2D eigenvalue weighted by Crippen LogP contribution is -2.42. The maximum atomic E-state index is 11.7. The topological polar surface area (TPSA) is 59.8 Å². The van der Waals surface area contributed by atoms with Gasteiger partial charge in [0.05, 0.1) is 25.0 Å². The van der Waals surface area contributed by atoms with E-state index in [0.29, 0.717) is 12.5 Å². The zero-order valence-electron chi connectivity index (χ0n) is 9.76. The molecule has 1 saturated carbocycles. The summed E-state index contributed by atoms with van der Waals surface area (Å²) in [5.41, 5.74) is 0. The number of aromatic nitrogens is 3. The number of rotatable bonds is 5. The van der Waals surface area contributed by atoms with Crippen molar-refractivity contribution in [1.29, 1.82) is 0 Å².